The number of aliphatic hydroxyl groups excluding tert-OH is 1. The highest BCUT2D eigenvalue weighted by Crippen LogP contribution is 2.40. The summed E-state index contributed by atoms with van der Waals surface area (Å²) in [4.78, 5) is 39.2. The molecule has 14 nitrogen and oxygen atoms in total. The SMILES string of the molecule is CC[C@@H]1C(=O)N(C)c2cnc(Nc3ccc(C(=O)NCCOCCOCCOCCOCCO)cc3OC)nc2N1C1CCCC1. The molecule has 3 N–H and O–H groups in total. The number of amides is 2. The van der Waals surface area contributed by atoms with E-state index in [4.69, 9.17) is 33.8 Å². The topological polar surface area (TPSA) is 157 Å². The highest BCUT2D eigenvalue weighted by Gasteiger charge is 2.41. The van der Waals surface area contributed by atoms with Gasteiger partial charge in [-0.3, -0.25) is 9.59 Å². The van der Waals surface area contributed by atoms with Crippen LogP contribution in [0.3, 0.4) is 0 Å². The molecular weight excluding hydrogens is 596 g/mol. The van der Waals surface area contributed by atoms with Gasteiger partial charge in [-0.15, -0.1) is 0 Å². The molecule has 1 fully saturated rings. The van der Waals surface area contributed by atoms with Gasteiger partial charge >= 0.3 is 0 Å². The molecule has 2 heterocycles. The van der Waals surface area contributed by atoms with Gasteiger partial charge in [0.2, 0.25) is 11.9 Å². The highest BCUT2D eigenvalue weighted by atomic mass is 16.6. The van der Waals surface area contributed by atoms with E-state index in [1.54, 1.807) is 43.5 Å². The van der Waals surface area contributed by atoms with Crippen LogP contribution in [0.25, 0.3) is 0 Å². The molecule has 1 aromatic carbocycles. The quantitative estimate of drug-likeness (QED) is 0.181. The van der Waals surface area contributed by atoms with Gasteiger partial charge in [0.15, 0.2) is 5.82 Å². The second-order valence-electron chi connectivity index (χ2n) is 11.0. The summed E-state index contributed by atoms with van der Waals surface area (Å²) in [6, 6.07) is 5.15. The Morgan fingerprint density at radius 2 is 1.65 bits per heavy atom. The number of aliphatic hydroxyl groups is 1. The van der Waals surface area contributed by atoms with Gasteiger partial charge < -0.3 is 49.2 Å². The molecule has 14 heteroatoms. The normalized spacial score (nSPS) is 16.5. The van der Waals surface area contributed by atoms with E-state index in [2.05, 4.69) is 20.5 Å². The summed E-state index contributed by atoms with van der Waals surface area (Å²) in [6.45, 7) is 5.65. The monoisotopic (exact) mass is 644 g/mol. The molecule has 0 unspecified atom stereocenters. The number of methoxy groups -OCH3 is 1. The van der Waals surface area contributed by atoms with Crippen molar-refractivity contribution in [3.05, 3.63) is 30.0 Å². The maximum absolute atomic E-state index is 13.2. The van der Waals surface area contributed by atoms with Crippen LogP contribution < -0.4 is 25.2 Å². The van der Waals surface area contributed by atoms with Crippen LogP contribution >= 0.6 is 0 Å². The number of rotatable bonds is 20. The van der Waals surface area contributed by atoms with E-state index >= 15 is 0 Å². The number of carbonyl (C=O) groups is 2. The Morgan fingerprint density at radius 1 is 1.00 bits per heavy atom. The van der Waals surface area contributed by atoms with Gasteiger partial charge in [-0.25, -0.2) is 4.98 Å². The standard InChI is InChI=1S/C32H48N6O8/c1-4-26-31(41)37(2)27-22-34-32(36-29(27)38(26)24-7-5-6-8-24)35-25-10-9-23(21-28(25)42-3)30(40)33-11-13-43-15-17-45-19-20-46-18-16-44-14-12-39/h9-10,21-22,24,26,39H,4-8,11-20H2,1-3H3,(H,33,40)(H,34,35,36)/t26-/m1/s1. The van der Waals surface area contributed by atoms with Crippen LogP contribution in [0.5, 0.6) is 5.75 Å². The van der Waals surface area contributed by atoms with E-state index < -0.39 is 0 Å². The number of likely N-dealkylation sites (N-methyl/N-ethyl adjacent to an activating group) is 1. The fraction of sp³-hybridized carbons (Fsp3) is 0.625. The van der Waals surface area contributed by atoms with E-state index in [-0.39, 0.29) is 30.5 Å². The second kappa shape index (κ2) is 18.6. The molecule has 1 aromatic heterocycles. The van der Waals surface area contributed by atoms with Gasteiger partial charge in [0.25, 0.3) is 5.91 Å². The van der Waals surface area contributed by atoms with Crippen LogP contribution in [0.4, 0.5) is 23.1 Å². The number of fused-ring (bicyclic) bond motifs is 1. The predicted molar refractivity (Wildman–Crippen MR) is 173 cm³/mol. The van der Waals surface area contributed by atoms with Gasteiger partial charge in [-0.1, -0.05) is 19.8 Å². The average Bonchev–Trinajstić information content (AvgIpc) is 3.61. The Morgan fingerprint density at radius 3 is 2.28 bits per heavy atom. The van der Waals surface area contributed by atoms with Crippen LogP contribution in [-0.4, -0.2) is 119 Å². The van der Waals surface area contributed by atoms with Crippen molar-refractivity contribution in [3.63, 3.8) is 0 Å². The molecule has 0 radical (unpaired) electrons. The zero-order valence-electron chi connectivity index (χ0n) is 27.2. The lowest BCUT2D eigenvalue weighted by atomic mass is 10.0. The molecule has 0 bridgehead atoms. The lowest BCUT2D eigenvalue weighted by Crippen LogP contribution is -2.55. The van der Waals surface area contributed by atoms with E-state index in [1.165, 1.54) is 0 Å². The van der Waals surface area contributed by atoms with Crippen LogP contribution in [0, 0.1) is 0 Å². The van der Waals surface area contributed by atoms with Crippen molar-refractivity contribution in [3.8, 4) is 5.75 Å². The van der Waals surface area contributed by atoms with Crippen molar-refractivity contribution in [2.75, 3.05) is 95.3 Å². The Labute approximate surface area is 270 Å². The molecule has 2 aromatic rings. The van der Waals surface area contributed by atoms with Gasteiger partial charge in [0, 0.05) is 25.2 Å². The van der Waals surface area contributed by atoms with Crippen LogP contribution in [0.1, 0.15) is 49.4 Å². The molecular formula is C32H48N6O8. The van der Waals surface area contributed by atoms with Gasteiger partial charge in [-0.2, -0.15) is 4.98 Å². The lowest BCUT2D eigenvalue weighted by Gasteiger charge is -2.43. The molecule has 2 aliphatic rings. The Balaban J connectivity index is 1.25. The zero-order valence-corrected chi connectivity index (χ0v) is 27.2. The van der Waals surface area contributed by atoms with Crippen molar-refractivity contribution in [2.45, 2.75) is 51.1 Å². The maximum atomic E-state index is 13.2. The third kappa shape index (κ3) is 9.48. The number of ether oxygens (including phenoxy) is 5. The van der Waals surface area contributed by atoms with Gasteiger partial charge in [0.05, 0.1) is 78.5 Å². The van der Waals surface area contributed by atoms with E-state index in [0.29, 0.717) is 94.5 Å². The third-order valence-corrected chi connectivity index (χ3v) is 8.01. The first-order valence-electron chi connectivity index (χ1n) is 16.1. The number of aromatic nitrogens is 2. The van der Waals surface area contributed by atoms with Gasteiger partial charge in [-0.05, 0) is 37.5 Å². The highest BCUT2D eigenvalue weighted by molar-refractivity contribution is 6.04. The summed E-state index contributed by atoms with van der Waals surface area (Å²) in [6.07, 6.45) is 6.76. The molecule has 4 rings (SSSR count). The fourth-order valence-electron chi connectivity index (χ4n) is 5.66. The molecule has 46 heavy (non-hydrogen) atoms. The van der Waals surface area contributed by atoms with Crippen molar-refractivity contribution in [2.24, 2.45) is 0 Å². The first-order chi connectivity index (χ1) is 22.5. The van der Waals surface area contributed by atoms with Crippen LogP contribution in [-0.2, 0) is 23.7 Å². The molecule has 0 spiro atoms. The predicted octanol–water partition coefficient (Wildman–Crippen LogP) is 2.52. The van der Waals surface area contributed by atoms with E-state index in [9.17, 15) is 9.59 Å². The van der Waals surface area contributed by atoms with Crippen molar-refractivity contribution >= 4 is 35.0 Å². The molecule has 1 aliphatic heterocycles. The lowest BCUT2D eigenvalue weighted by molar-refractivity contribution is -0.120. The number of nitrogens with zero attached hydrogens (tertiary/aromatic N) is 4. The largest absolute Gasteiger partial charge is 0.495 e. The number of carbonyl (C=O) groups excluding carboxylic acids is 2. The van der Waals surface area contributed by atoms with Crippen molar-refractivity contribution in [1.82, 2.24) is 15.3 Å². The number of benzene rings is 1. The first-order valence-corrected chi connectivity index (χ1v) is 16.1. The summed E-state index contributed by atoms with van der Waals surface area (Å²) >= 11 is 0. The summed E-state index contributed by atoms with van der Waals surface area (Å²) in [5, 5.41) is 14.7. The van der Waals surface area contributed by atoms with E-state index in [1.807, 2.05) is 6.92 Å². The fourth-order valence-corrected chi connectivity index (χ4v) is 5.66. The van der Waals surface area contributed by atoms with Gasteiger partial charge in [0.1, 0.15) is 17.5 Å². The summed E-state index contributed by atoms with van der Waals surface area (Å²) in [5.41, 5.74) is 1.75. The van der Waals surface area contributed by atoms with Crippen LogP contribution in [0.15, 0.2) is 24.4 Å². The molecule has 2 amide bonds. The molecule has 254 valence electrons. The number of nitrogens with one attached hydrogen (secondary N) is 2. The third-order valence-electron chi connectivity index (χ3n) is 8.01. The maximum Gasteiger partial charge on any atom is 0.251 e. The Hall–Kier alpha value is -3.56. The summed E-state index contributed by atoms with van der Waals surface area (Å²) < 4.78 is 27.0. The molecule has 1 atom stereocenters. The Kier molecular flexibility index (Phi) is 14.2. The molecule has 0 saturated heterocycles. The summed E-state index contributed by atoms with van der Waals surface area (Å²) in [5.74, 6) is 1.43. The molecule has 1 aliphatic carbocycles. The minimum Gasteiger partial charge on any atom is -0.495 e. The Bertz CT molecular complexity index is 1260. The first kappa shape index (κ1) is 35.3. The summed E-state index contributed by atoms with van der Waals surface area (Å²) in [7, 11) is 3.32. The minimum atomic E-state index is -0.255. The minimum absolute atomic E-state index is 0.00313. The van der Waals surface area contributed by atoms with Crippen molar-refractivity contribution in [1.29, 1.82) is 0 Å². The van der Waals surface area contributed by atoms with Crippen molar-refractivity contribution < 1.29 is 38.4 Å². The number of hydrogen-bond donors (Lipinski definition) is 3. The van der Waals surface area contributed by atoms with Crippen LogP contribution in [0.2, 0.25) is 0 Å². The zero-order chi connectivity index (χ0) is 32.7. The average molecular weight is 645 g/mol. The molecule has 1 saturated carbocycles. The smallest absolute Gasteiger partial charge is 0.251 e. The number of hydrogen-bond acceptors (Lipinski definition) is 12. The number of anilines is 4. The van der Waals surface area contributed by atoms with E-state index in [0.717, 1.165) is 31.5 Å². The second-order valence-corrected chi connectivity index (χ2v) is 11.0.